The molecule has 3 aromatic carbocycles. The Morgan fingerprint density at radius 2 is 1.50 bits per heavy atom. The van der Waals surface area contributed by atoms with Crippen LogP contribution in [0.25, 0.3) is 11.1 Å². The van der Waals surface area contributed by atoms with Crippen molar-refractivity contribution in [1.29, 1.82) is 0 Å². The first-order valence-corrected chi connectivity index (χ1v) is 9.65. The summed E-state index contributed by atoms with van der Waals surface area (Å²) in [5.74, 6) is -1.21. The first-order chi connectivity index (χ1) is 14.5. The third kappa shape index (κ3) is 3.85. The zero-order valence-electron chi connectivity index (χ0n) is 16.4. The van der Waals surface area contributed by atoms with Gasteiger partial charge in [0.2, 0.25) is 0 Å². The molecule has 152 valence electrons. The van der Waals surface area contributed by atoms with Crippen LogP contribution in [0.2, 0.25) is 0 Å². The highest BCUT2D eigenvalue weighted by molar-refractivity contribution is 5.80. The summed E-state index contributed by atoms with van der Waals surface area (Å²) in [5, 5.41) is 9.33. The molecule has 1 atom stereocenters. The Hall–Kier alpha value is -3.80. The van der Waals surface area contributed by atoms with Crippen molar-refractivity contribution in [1.82, 2.24) is 5.48 Å². The number of aromatic hydroxyl groups is 1. The molecule has 0 aliphatic heterocycles. The average Bonchev–Trinajstić information content (AvgIpc) is 3.10. The van der Waals surface area contributed by atoms with Gasteiger partial charge in [0.05, 0.1) is 5.92 Å². The minimum absolute atomic E-state index is 0.0743. The lowest BCUT2D eigenvalue weighted by atomic mass is 9.98. The molecule has 0 spiro atoms. The van der Waals surface area contributed by atoms with Crippen LogP contribution in [0.4, 0.5) is 4.79 Å². The Morgan fingerprint density at radius 1 is 0.933 bits per heavy atom. The van der Waals surface area contributed by atoms with E-state index in [1.54, 1.807) is 19.1 Å². The number of hydrogen-bond donors (Lipinski definition) is 2. The second-order valence-electron chi connectivity index (χ2n) is 7.16. The van der Waals surface area contributed by atoms with Crippen molar-refractivity contribution in [3.63, 3.8) is 0 Å². The van der Waals surface area contributed by atoms with Gasteiger partial charge in [0.15, 0.2) is 0 Å². The molecule has 0 fully saturated rings. The SMILES string of the molecule is C[C@@H](C(=O)ONC(=O)OCC1c2ccccc2-c2ccccc21)c1ccc(O)cc1. The highest BCUT2D eigenvalue weighted by Crippen LogP contribution is 2.44. The number of fused-ring (bicyclic) bond motifs is 3. The van der Waals surface area contributed by atoms with Gasteiger partial charge in [0, 0.05) is 5.92 Å². The maximum atomic E-state index is 12.2. The van der Waals surface area contributed by atoms with E-state index in [-0.39, 0.29) is 18.3 Å². The molecule has 6 nitrogen and oxygen atoms in total. The van der Waals surface area contributed by atoms with E-state index in [1.807, 2.05) is 36.4 Å². The lowest BCUT2D eigenvalue weighted by molar-refractivity contribution is -0.151. The molecule has 3 aromatic rings. The van der Waals surface area contributed by atoms with Gasteiger partial charge in [-0.1, -0.05) is 60.7 Å². The molecule has 6 heteroatoms. The Labute approximate surface area is 174 Å². The van der Waals surface area contributed by atoms with Crippen LogP contribution < -0.4 is 5.48 Å². The lowest BCUT2D eigenvalue weighted by Crippen LogP contribution is -2.30. The zero-order chi connectivity index (χ0) is 21.1. The average molecular weight is 403 g/mol. The van der Waals surface area contributed by atoms with Gasteiger partial charge in [0.1, 0.15) is 12.4 Å². The molecule has 2 N–H and O–H groups in total. The van der Waals surface area contributed by atoms with E-state index in [1.165, 1.54) is 12.1 Å². The number of phenols is 1. The lowest BCUT2D eigenvalue weighted by Gasteiger charge is -2.15. The Kier molecular flexibility index (Phi) is 5.39. The molecule has 30 heavy (non-hydrogen) atoms. The van der Waals surface area contributed by atoms with Crippen molar-refractivity contribution in [3.8, 4) is 16.9 Å². The molecule has 0 bridgehead atoms. The standard InChI is InChI=1S/C24H21NO5/c1-15(16-10-12-17(26)13-11-16)23(27)30-25-24(28)29-14-22-20-8-4-2-6-18(20)19-7-3-5-9-21(19)22/h2-13,15,22,26H,14H2,1H3,(H,25,28)/t15-/m1/s1. The van der Waals surface area contributed by atoms with E-state index in [0.717, 1.165) is 22.3 Å². The summed E-state index contributed by atoms with van der Waals surface area (Å²) in [6.07, 6.45) is -0.830. The number of hydroxylamine groups is 1. The predicted octanol–water partition coefficient (Wildman–Crippen LogP) is 4.49. The van der Waals surface area contributed by atoms with Crippen LogP contribution in [-0.2, 0) is 14.4 Å². The molecular weight excluding hydrogens is 382 g/mol. The van der Waals surface area contributed by atoms with Crippen molar-refractivity contribution < 1.29 is 24.3 Å². The fraction of sp³-hybridized carbons (Fsp3) is 0.167. The first kappa shape index (κ1) is 19.5. The third-order valence-electron chi connectivity index (χ3n) is 5.33. The summed E-state index contributed by atoms with van der Waals surface area (Å²) < 4.78 is 5.33. The van der Waals surface area contributed by atoms with Crippen LogP contribution in [0, 0.1) is 0 Å². The summed E-state index contributed by atoms with van der Waals surface area (Å²) in [5.41, 5.74) is 7.19. The van der Waals surface area contributed by atoms with Crippen molar-refractivity contribution >= 4 is 12.1 Å². The van der Waals surface area contributed by atoms with Gasteiger partial charge in [-0.15, -0.1) is 5.48 Å². The molecule has 0 heterocycles. The second-order valence-corrected chi connectivity index (χ2v) is 7.16. The molecule has 4 rings (SSSR count). The minimum Gasteiger partial charge on any atom is -0.508 e. The van der Waals surface area contributed by atoms with E-state index in [4.69, 9.17) is 9.57 Å². The van der Waals surface area contributed by atoms with Crippen LogP contribution in [0.15, 0.2) is 72.8 Å². The highest BCUT2D eigenvalue weighted by atomic mass is 16.7. The van der Waals surface area contributed by atoms with Gasteiger partial charge in [0.25, 0.3) is 0 Å². The van der Waals surface area contributed by atoms with Gasteiger partial charge < -0.3 is 14.7 Å². The fourth-order valence-electron chi connectivity index (χ4n) is 3.71. The summed E-state index contributed by atoms with van der Waals surface area (Å²) in [6.45, 7) is 1.78. The Morgan fingerprint density at radius 3 is 2.10 bits per heavy atom. The van der Waals surface area contributed by atoms with Gasteiger partial charge >= 0.3 is 12.1 Å². The number of phenolic OH excluding ortho intramolecular Hbond substituents is 1. The van der Waals surface area contributed by atoms with Gasteiger partial charge in [-0.25, -0.2) is 9.59 Å². The molecule has 0 saturated carbocycles. The number of amides is 1. The maximum absolute atomic E-state index is 12.2. The van der Waals surface area contributed by atoms with E-state index < -0.39 is 18.0 Å². The van der Waals surface area contributed by atoms with E-state index in [0.29, 0.717) is 5.56 Å². The largest absolute Gasteiger partial charge is 0.508 e. The monoisotopic (exact) mass is 403 g/mol. The van der Waals surface area contributed by atoms with Crippen LogP contribution in [0.1, 0.15) is 35.4 Å². The molecule has 0 saturated heterocycles. The van der Waals surface area contributed by atoms with Crippen molar-refractivity contribution in [2.45, 2.75) is 18.8 Å². The number of hydrogen-bond acceptors (Lipinski definition) is 5. The van der Waals surface area contributed by atoms with Crippen molar-refractivity contribution in [2.75, 3.05) is 6.61 Å². The number of rotatable bonds is 4. The van der Waals surface area contributed by atoms with Gasteiger partial charge in [-0.05, 0) is 46.9 Å². The predicted molar refractivity (Wildman–Crippen MR) is 111 cm³/mol. The second kappa shape index (κ2) is 8.29. The minimum atomic E-state index is -0.830. The van der Waals surface area contributed by atoms with Crippen molar-refractivity contribution in [3.05, 3.63) is 89.5 Å². The van der Waals surface area contributed by atoms with Gasteiger partial charge in [-0.3, -0.25) is 0 Å². The zero-order valence-corrected chi connectivity index (χ0v) is 16.4. The smallest absolute Gasteiger partial charge is 0.440 e. The normalized spacial score (nSPS) is 13.1. The number of carbonyl (C=O) groups is 2. The van der Waals surface area contributed by atoms with E-state index >= 15 is 0 Å². The molecule has 1 aliphatic rings. The number of ether oxygens (including phenoxy) is 1. The topological polar surface area (TPSA) is 84.9 Å². The van der Waals surface area contributed by atoms with E-state index in [2.05, 4.69) is 17.6 Å². The molecule has 1 aliphatic carbocycles. The molecular formula is C24H21NO5. The van der Waals surface area contributed by atoms with Crippen LogP contribution in [0.3, 0.4) is 0 Å². The third-order valence-corrected chi connectivity index (χ3v) is 5.33. The maximum Gasteiger partial charge on any atom is 0.440 e. The van der Waals surface area contributed by atoms with Crippen LogP contribution in [-0.4, -0.2) is 23.8 Å². The van der Waals surface area contributed by atoms with Crippen molar-refractivity contribution in [2.24, 2.45) is 0 Å². The molecule has 0 radical (unpaired) electrons. The Balaban J connectivity index is 1.34. The molecule has 1 amide bonds. The number of carbonyl (C=O) groups excluding carboxylic acids is 2. The first-order valence-electron chi connectivity index (χ1n) is 9.65. The highest BCUT2D eigenvalue weighted by Gasteiger charge is 2.29. The summed E-state index contributed by atoms with van der Waals surface area (Å²) in [6, 6.07) is 22.3. The van der Waals surface area contributed by atoms with Crippen LogP contribution >= 0.6 is 0 Å². The molecule has 0 unspecified atom stereocenters. The number of benzene rings is 3. The summed E-state index contributed by atoms with van der Waals surface area (Å²) in [7, 11) is 0. The summed E-state index contributed by atoms with van der Waals surface area (Å²) >= 11 is 0. The fourth-order valence-corrected chi connectivity index (χ4v) is 3.71. The number of nitrogens with one attached hydrogen (secondary N) is 1. The Bertz CT molecular complexity index is 1030. The summed E-state index contributed by atoms with van der Waals surface area (Å²) in [4.78, 5) is 29.1. The quantitative estimate of drug-likeness (QED) is 0.627. The van der Waals surface area contributed by atoms with Gasteiger partial charge in [-0.2, -0.15) is 0 Å². The van der Waals surface area contributed by atoms with Crippen LogP contribution in [0.5, 0.6) is 5.75 Å². The molecule has 0 aromatic heterocycles. The van der Waals surface area contributed by atoms with E-state index in [9.17, 15) is 14.7 Å².